The number of hydrogen-bond donors (Lipinski definition) is 2. The van der Waals surface area contributed by atoms with Crippen LogP contribution in [0, 0.1) is 0 Å². The summed E-state index contributed by atoms with van der Waals surface area (Å²) in [5.74, 6) is -0.516. The Kier molecular flexibility index (Phi) is 3.75. The number of aromatic nitrogens is 2. The molecule has 2 N–H and O–H groups in total. The lowest BCUT2D eigenvalue weighted by molar-refractivity contribution is 0.0526. The predicted octanol–water partition coefficient (Wildman–Crippen LogP) is 0.251. The zero-order chi connectivity index (χ0) is 11.4. The number of nitrogens with zero attached hydrogens (tertiary/aromatic N) is 2. The van der Waals surface area contributed by atoms with Crippen LogP contribution in [0.3, 0.4) is 0 Å². The molecule has 1 rings (SSSR count). The molecule has 82 valence electrons. The highest BCUT2D eigenvalue weighted by molar-refractivity contribution is 7.80. The topological polar surface area (TPSA) is 76.4 Å². The molecule has 0 aromatic carbocycles. The third kappa shape index (κ3) is 2.51. The first kappa shape index (κ1) is 11.6. The first-order valence-electron chi connectivity index (χ1n) is 4.25. The molecule has 0 unspecified atom stereocenters. The normalized spacial score (nSPS) is 9.80. The molecule has 0 atom stereocenters. The van der Waals surface area contributed by atoms with E-state index in [1.807, 2.05) is 0 Å². The van der Waals surface area contributed by atoms with Gasteiger partial charge in [-0.2, -0.15) is 5.10 Å². The molecular formula is C8H11N3O3S. The summed E-state index contributed by atoms with van der Waals surface area (Å²) in [5, 5.41) is 12.6. The second kappa shape index (κ2) is 4.85. The lowest BCUT2D eigenvalue weighted by Crippen LogP contribution is -2.21. The van der Waals surface area contributed by atoms with Crippen molar-refractivity contribution in [1.29, 1.82) is 0 Å². The van der Waals surface area contributed by atoms with Crippen LogP contribution in [-0.4, -0.2) is 32.6 Å². The van der Waals surface area contributed by atoms with Crippen molar-refractivity contribution in [3.05, 3.63) is 17.5 Å². The average molecular weight is 229 g/mol. The molecule has 1 heterocycles. The molecule has 7 heteroatoms. The predicted molar refractivity (Wildman–Crippen MR) is 55.8 cm³/mol. The number of aryl methyl sites for hydroxylation is 1. The monoisotopic (exact) mass is 229 g/mol. The standard InChI is InChI=1S/C8H11N3O3S/c1-3-14-8(12)5-4-11(2)9-6(5)7(15)10-13/h4,13H,3H2,1-2H3,(H,10,15). The van der Waals surface area contributed by atoms with E-state index in [1.165, 1.54) is 10.9 Å². The van der Waals surface area contributed by atoms with Gasteiger partial charge in [-0.1, -0.05) is 12.2 Å². The molecular weight excluding hydrogens is 218 g/mol. The highest BCUT2D eigenvalue weighted by Crippen LogP contribution is 2.08. The fraction of sp³-hybridized carbons (Fsp3) is 0.375. The van der Waals surface area contributed by atoms with Crippen LogP contribution in [-0.2, 0) is 11.8 Å². The number of nitrogens with one attached hydrogen (secondary N) is 1. The number of carbonyl (C=O) groups excluding carboxylic acids is 1. The summed E-state index contributed by atoms with van der Waals surface area (Å²) in [4.78, 5) is 11.4. The van der Waals surface area contributed by atoms with Gasteiger partial charge >= 0.3 is 5.97 Å². The Labute approximate surface area is 91.8 Å². The highest BCUT2D eigenvalue weighted by atomic mass is 32.1. The van der Waals surface area contributed by atoms with Crippen molar-refractivity contribution in [2.75, 3.05) is 6.61 Å². The minimum Gasteiger partial charge on any atom is -0.462 e. The highest BCUT2D eigenvalue weighted by Gasteiger charge is 2.19. The van der Waals surface area contributed by atoms with Gasteiger partial charge in [-0.15, -0.1) is 0 Å². The van der Waals surface area contributed by atoms with Crippen molar-refractivity contribution in [3.63, 3.8) is 0 Å². The van der Waals surface area contributed by atoms with Crippen LogP contribution >= 0.6 is 12.2 Å². The molecule has 15 heavy (non-hydrogen) atoms. The van der Waals surface area contributed by atoms with Gasteiger partial charge in [0.2, 0.25) is 0 Å². The van der Waals surface area contributed by atoms with E-state index in [1.54, 1.807) is 19.5 Å². The fourth-order valence-corrected chi connectivity index (χ4v) is 1.22. The zero-order valence-corrected chi connectivity index (χ0v) is 9.17. The first-order chi connectivity index (χ1) is 7.10. The molecule has 0 radical (unpaired) electrons. The third-order valence-electron chi connectivity index (χ3n) is 1.64. The molecule has 0 aliphatic rings. The lowest BCUT2D eigenvalue weighted by atomic mass is 10.2. The Bertz CT molecular complexity index is 388. The van der Waals surface area contributed by atoms with E-state index in [0.717, 1.165) is 0 Å². The third-order valence-corrected chi connectivity index (χ3v) is 1.93. The van der Waals surface area contributed by atoms with Crippen molar-refractivity contribution in [2.24, 2.45) is 7.05 Å². The average Bonchev–Trinajstić information content (AvgIpc) is 2.59. The summed E-state index contributed by atoms with van der Waals surface area (Å²) in [6.07, 6.45) is 1.48. The molecule has 6 nitrogen and oxygen atoms in total. The van der Waals surface area contributed by atoms with Gasteiger partial charge in [0, 0.05) is 13.2 Å². The van der Waals surface area contributed by atoms with Crippen molar-refractivity contribution >= 4 is 23.2 Å². The Morgan fingerprint density at radius 2 is 2.47 bits per heavy atom. The van der Waals surface area contributed by atoms with E-state index in [4.69, 9.17) is 22.2 Å². The molecule has 0 saturated carbocycles. The van der Waals surface area contributed by atoms with Crippen LogP contribution in [0.1, 0.15) is 23.0 Å². The molecule has 0 amide bonds. The van der Waals surface area contributed by atoms with Gasteiger partial charge in [-0.05, 0) is 6.92 Å². The molecule has 1 aromatic heterocycles. The largest absolute Gasteiger partial charge is 0.462 e. The van der Waals surface area contributed by atoms with E-state index in [-0.39, 0.29) is 22.9 Å². The van der Waals surface area contributed by atoms with Crippen LogP contribution in [0.4, 0.5) is 0 Å². The first-order valence-corrected chi connectivity index (χ1v) is 4.66. The number of carbonyl (C=O) groups is 1. The lowest BCUT2D eigenvalue weighted by Gasteiger charge is -2.01. The Morgan fingerprint density at radius 1 is 1.80 bits per heavy atom. The number of hydroxylamine groups is 1. The van der Waals surface area contributed by atoms with Gasteiger partial charge in [0.15, 0.2) is 4.99 Å². The van der Waals surface area contributed by atoms with Gasteiger partial charge in [0.1, 0.15) is 11.3 Å². The number of hydrogen-bond acceptors (Lipinski definition) is 5. The van der Waals surface area contributed by atoms with Gasteiger partial charge in [0.05, 0.1) is 6.61 Å². The Balaban J connectivity index is 3.06. The van der Waals surface area contributed by atoms with Crippen LogP contribution < -0.4 is 5.48 Å². The maximum Gasteiger partial charge on any atom is 0.342 e. The van der Waals surface area contributed by atoms with Gasteiger partial charge in [-0.25, -0.2) is 4.79 Å². The molecule has 0 fully saturated rings. The molecule has 1 aromatic rings. The number of esters is 1. The van der Waals surface area contributed by atoms with E-state index in [2.05, 4.69) is 5.10 Å². The number of rotatable bonds is 3. The summed E-state index contributed by atoms with van der Waals surface area (Å²) >= 11 is 4.78. The van der Waals surface area contributed by atoms with Crippen molar-refractivity contribution < 1.29 is 14.7 Å². The van der Waals surface area contributed by atoms with E-state index in [0.29, 0.717) is 0 Å². The number of thiocarbonyl (C=S) groups is 1. The van der Waals surface area contributed by atoms with E-state index >= 15 is 0 Å². The van der Waals surface area contributed by atoms with Gasteiger partial charge < -0.3 is 4.74 Å². The van der Waals surface area contributed by atoms with Crippen LogP contribution in [0.5, 0.6) is 0 Å². The van der Waals surface area contributed by atoms with E-state index in [9.17, 15) is 4.79 Å². The minimum atomic E-state index is -0.516. The fourth-order valence-electron chi connectivity index (χ4n) is 1.07. The zero-order valence-electron chi connectivity index (χ0n) is 8.35. The van der Waals surface area contributed by atoms with Gasteiger partial charge in [-0.3, -0.25) is 15.4 Å². The molecule has 0 aliphatic heterocycles. The summed E-state index contributed by atoms with van der Waals surface area (Å²) in [6.45, 7) is 1.98. The second-order valence-corrected chi connectivity index (χ2v) is 3.13. The Hall–Kier alpha value is -1.47. The Morgan fingerprint density at radius 3 is 3.00 bits per heavy atom. The molecule has 0 spiro atoms. The van der Waals surface area contributed by atoms with Crippen molar-refractivity contribution in [2.45, 2.75) is 6.92 Å². The van der Waals surface area contributed by atoms with Gasteiger partial charge in [0.25, 0.3) is 0 Å². The van der Waals surface area contributed by atoms with Crippen LogP contribution in [0.25, 0.3) is 0 Å². The van der Waals surface area contributed by atoms with Crippen molar-refractivity contribution in [3.8, 4) is 0 Å². The maximum absolute atomic E-state index is 11.5. The van der Waals surface area contributed by atoms with Crippen molar-refractivity contribution in [1.82, 2.24) is 15.3 Å². The van der Waals surface area contributed by atoms with Crippen LogP contribution in [0.15, 0.2) is 6.20 Å². The smallest absolute Gasteiger partial charge is 0.342 e. The number of ether oxygens (including phenoxy) is 1. The second-order valence-electron chi connectivity index (χ2n) is 2.73. The molecule has 0 aliphatic carbocycles. The summed E-state index contributed by atoms with van der Waals surface area (Å²) in [7, 11) is 1.65. The summed E-state index contributed by atoms with van der Waals surface area (Å²) in [5.41, 5.74) is 2.21. The quantitative estimate of drug-likeness (QED) is 0.439. The molecule has 0 bridgehead atoms. The summed E-state index contributed by atoms with van der Waals surface area (Å²) in [6, 6.07) is 0. The van der Waals surface area contributed by atoms with E-state index < -0.39 is 5.97 Å². The maximum atomic E-state index is 11.5. The minimum absolute atomic E-state index is 0.0151. The summed E-state index contributed by atoms with van der Waals surface area (Å²) < 4.78 is 6.24. The van der Waals surface area contributed by atoms with Crippen LogP contribution in [0.2, 0.25) is 0 Å². The SMILES string of the molecule is CCOC(=O)c1cn(C)nc1C(=S)NO. The molecule has 0 saturated heterocycles.